The monoisotopic (exact) mass is 252 g/mol. The van der Waals surface area contributed by atoms with Crippen LogP contribution in [0.3, 0.4) is 0 Å². The van der Waals surface area contributed by atoms with Gasteiger partial charge in [0.15, 0.2) is 11.4 Å². The van der Waals surface area contributed by atoms with Crippen molar-refractivity contribution >= 4 is 33.3 Å². The molecule has 7 heteroatoms. The molecule has 0 aromatic carbocycles. The Morgan fingerprint density at radius 2 is 2.24 bits per heavy atom. The van der Waals surface area contributed by atoms with E-state index in [0.29, 0.717) is 5.39 Å². The van der Waals surface area contributed by atoms with Crippen molar-refractivity contribution in [1.29, 1.82) is 0 Å². The van der Waals surface area contributed by atoms with E-state index in [1.165, 1.54) is 17.5 Å². The molecule has 0 aliphatic carbocycles. The van der Waals surface area contributed by atoms with E-state index in [-0.39, 0.29) is 11.4 Å². The summed E-state index contributed by atoms with van der Waals surface area (Å²) >= 11 is 1.39. The van der Waals surface area contributed by atoms with Crippen LogP contribution in [0.4, 0.5) is 0 Å². The van der Waals surface area contributed by atoms with Gasteiger partial charge in [-0.2, -0.15) is 0 Å². The van der Waals surface area contributed by atoms with Gasteiger partial charge >= 0.3 is 5.97 Å². The zero-order valence-corrected chi connectivity index (χ0v) is 9.32. The number of aliphatic carboxylic acids is 1. The standard InChI is InChI=1S/C10H8N2O4S/c13-7(14)4-12-10(16)8-9(15)5-1-2-17-6(5)3-11-8/h1-3,15H,4H2,(H,12,16)(H,13,14). The number of thiophene rings is 1. The van der Waals surface area contributed by atoms with E-state index in [4.69, 9.17) is 5.11 Å². The Balaban J connectivity index is 2.31. The van der Waals surface area contributed by atoms with E-state index >= 15 is 0 Å². The number of carbonyl (C=O) groups is 2. The third-order valence-electron chi connectivity index (χ3n) is 2.10. The Hall–Kier alpha value is -2.15. The molecule has 1 amide bonds. The number of nitrogens with one attached hydrogen (secondary N) is 1. The smallest absolute Gasteiger partial charge is 0.322 e. The van der Waals surface area contributed by atoms with Gasteiger partial charge in [0.2, 0.25) is 0 Å². The molecule has 0 saturated heterocycles. The van der Waals surface area contributed by atoms with Crippen LogP contribution in [0.2, 0.25) is 0 Å². The minimum atomic E-state index is -1.16. The van der Waals surface area contributed by atoms with E-state index in [9.17, 15) is 14.7 Å². The zero-order valence-electron chi connectivity index (χ0n) is 8.51. The van der Waals surface area contributed by atoms with Crippen LogP contribution in [0, 0.1) is 0 Å². The highest BCUT2D eigenvalue weighted by molar-refractivity contribution is 7.17. The second-order valence-corrected chi connectivity index (χ2v) is 4.18. The summed E-state index contributed by atoms with van der Waals surface area (Å²) in [6.07, 6.45) is 1.47. The molecule has 0 radical (unpaired) electrons. The lowest BCUT2D eigenvalue weighted by Crippen LogP contribution is -2.29. The van der Waals surface area contributed by atoms with Gasteiger partial charge in [0.25, 0.3) is 5.91 Å². The largest absolute Gasteiger partial charge is 0.505 e. The second-order valence-electron chi connectivity index (χ2n) is 3.23. The Bertz CT molecular complexity index is 593. The van der Waals surface area contributed by atoms with E-state index < -0.39 is 18.4 Å². The number of aromatic hydroxyl groups is 1. The lowest BCUT2D eigenvalue weighted by atomic mass is 10.2. The molecule has 0 bridgehead atoms. The zero-order chi connectivity index (χ0) is 12.4. The molecule has 2 aromatic heterocycles. The fraction of sp³-hybridized carbons (Fsp3) is 0.100. The summed E-state index contributed by atoms with van der Waals surface area (Å²) in [7, 11) is 0. The summed E-state index contributed by atoms with van der Waals surface area (Å²) in [5.41, 5.74) is -0.169. The fourth-order valence-electron chi connectivity index (χ4n) is 1.33. The SMILES string of the molecule is O=C(O)CNC(=O)c1ncc2sccc2c1O. The number of carboxylic acids is 1. The topological polar surface area (TPSA) is 99.5 Å². The van der Waals surface area contributed by atoms with Crippen molar-refractivity contribution in [2.24, 2.45) is 0 Å². The van der Waals surface area contributed by atoms with Crippen molar-refractivity contribution in [2.75, 3.05) is 6.54 Å². The van der Waals surface area contributed by atoms with Crippen molar-refractivity contribution in [2.45, 2.75) is 0 Å². The minimum Gasteiger partial charge on any atom is -0.505 e. The quantitative estimate of drug-likeness (QED) is 0.750. The maximum Gasteiger partial charge on any atom is 0.322 e. The molecule has 2 rings (SSSR count). The lowest BCUT2D eigenvalue weighted by Gasteiger charge is -2.04. The first kappa shape index (κ1) is 11.3. The Morgan fingerprint density at radius 1 is 1.47 bits per heavy atom. The van der Waals surface area contributed by atoms with Gasteiger partial charge in [-0.1, -0.05) is 0 Å². The third kappa shape index (κ3) is 2.18. The van der Waals surface area contributed by atoms with Gasteiger partial charge in [0.1, 0.15) is 6.54 Å². The van der Waals surface area contributed by atoms with E-state index in [1.54, 1.807) is 11.4 Å². The van der Waals surface area contributed by atoms with Crippen LogP contribution >= 0.6 is 11.3 Å². The molecule has 0 spiro atoms. The molecule has 0 saturated carbocycles. The van der Waals surface area contributed by atoms with Crippen LogP contribution in [0.25, 0.3) is 10.1 Å². The summed E-state index contributed by atoms with van der Waals surface area (Å²) in [6, 6.07) is 1.67. The van der Waals surface area contributed by atoms with E-state index in [2.05, 4.69) is 10.3 Å². The van der Waals surface area contributed by atoms with Gasteiger partial charge in [-0.15, -0.1) is 11.3 Å². The van der Waals surface area contributed by atoms with Crippen molar-refractivity contribution in [1.82, 2.24) is 10.3 Å². The van der Waals surface area contributed by atoms with E-state index in [1.807, 2.05) is 0 Å². The summed E-state index contributed by atoms with van der Waals surface area (Å²) in [4.78, 5) is 25.6. The van der Waals surface area contributed by atoms with Gasteiger partial charge < -0.3 is 15.5 Å². The molecular formula is C10H8N2O4S. The highest BCUT2D eigenvalue weighted by Crippen LogP contribution is 2.30. The normalized spacial score (nSPS) is 10.4. The highest BCUT2D eigenvalue weighted by atomic mass is 32.1. The number of fused-ring (bicyclic) bond motifs is 1. The van der Waals surface area contributed by atoms with E-state index in [0.717, 1.165) is 4.70 Å². The Kier molecular flexibility index (Phi) is 2.92. The molecule has 0 fully saturated rings. The average Bonchev–Trinajstić information content (AvgIpc) is 2.75. The van der Waals surface area contributed by atoms with Gasteiger partial charge in [-0.3, -0.25) is 9.59 Å². The molecule has 2 heterocycles. The minimum absolute atomic E-state index is 0.169. The van der Waals surface area contributed by atoms with Crippen LogP contribution in [0.15, 0.2) is 17.6 Å². The number of amides is 1. The molecule has 0 atom stereocenters. The maximum absolute atomic E-state index is 11.5. The number of hydrogen-bond acceptors (Lipinski definition) is 5. The molecule has 17 heavy (non-hydrogen) atoms. The molecule has 0 aliphatic rings. The molecule has 88 valence electrons. The molecule has 2 aromatic rings. The first-order valence-corrected chi connectivity index (χ1v) is 5.52. The Morgan fingerprint density at radius 3 is 2.94 bits per heavy atom. The van der Waals surface area contributed by atoms with Gasteiger partial charge in [0, 0.05) is 11.6 Å². The predicted octanol–water partition coefficient (Wildman–Crippen LogP) is 0.816. The number of nitrogens with zero attached hydrogens (tertiary/aromatic N) is 1. The molecular weight excluding hydrogens is 244 g/mol. The molecule has 3 N–H and O–H groups in total. The van der Waals surface area contributed by atoms with Crippen LogP contribution in [0.5, 0.6) is 5.75 Å². The van der Waals surface area contributed by atoms with Gasteiger partial charge in [-0.05, 0) is 11.4 Å². The van der Waals surface area contributed by atoms with Crippen LogP contribution in [-0.4, -0.2) is 33.6 Å². The third-order valence-corrected chi connectivity index (χ3v) is 2.95. The fourth-order valence-corrected chi connectivity index (χ4v) is 2.09. The summed E-state index contributed by atoms with van der Waals surface area (Å²) in [6.45, 7) is -0.512. The summed E-state index contributed by atoms with van der Waals surface area (Å²) in [5, 5.41) is 22.7. The van der Waals surface area contributed by atoms with Gasteiger partial charge in [0.05, 0.1) is 4.70 Å². The average molecular weight is 252 g/mol. The first-order chi connectivity index (χ1) is 8.09. The summed E-state index contributed by atoms with van der Waals surface area (Å²) in [5.74, 6) is -2.10. The number of hydrogen-bond donors (Lipinski definition) is 3. The Labute approximate surface area is 99.5 Å². The van der Waals surface area contributed by atoms with Crippen molar-refractivity contribution in [3.63, 3.8) is 0 Å². The van der Waals surface area contributed by atoms with Crippen molar-refractivity contribution in [3.05, 3.63) is 23.3 Å². The molecule has 0 aliphatic heterocycles. The second kappa shape index (κ2) is 4.38. The first-order valence-electron chi connectivity index (χ1n) is 4.64. The highest BCUT2D eigenvalue weighted by Gasteiger charge is 2.16. The van der Waals surface area contributed by atoms with Crippen LogP contribution in [0.1, 0.15) is 10.5 Å². The molecule has 6 nitrogen and oxygen atoms in total. The van der Waals surface area contributed by atoms with Crippen molar-refractivity contribution in [3.8, 4) is 5.75 Å². The number of carboxylic acid groups (broad SMARTS) is 1. The number of aromatic nitrogens is 1. The predicted molar refractivity (Wildman–Crippen MR) is 61.3 cm³/mol. The maximum atomic E-state index is 11.5. The lowest BCUT2D eigenvalue weighted by molar-refractivity contribution is -0.135. The number of rotatable bonds is 3. The summed E-state index contributed by atoms with van der Waals surface area (Å²) < 4.78 is 0.761. The van der Waals surface area contributed by atoms with Crippen LogP contribution < -0.4 is 5.32 Å². The van der Waals surface area contributed by atoms with Crippen LogP contribution in [-0.2, 0) is 4.79 Å². The van der Waals surface area contributed by atoms with Crippen molar-refractivity contribution < 1.29 is 19.8 Å². The number of carbonyl (C=O) groups excluding carboxylic acids is 1. The van der Waals surface area contributed by atoms with Gasteiger partial charge in [-0.25, -0.2) is 4.98 Å². The molecule has 0 unspecified atom stereocenters. The number of pyridine rings is 1.